The molecule has 1 aromatic rings. The van der Waals surface area contributed by atoms with E-state index in [-0.39, 0.29) is 36.2 Å². The Morgan fingerprint density at radius 2 is 1.79 bits per heavy atom. The van der Waals surface area contributed by atoms with E-state index in [0.29, 0.717) is 5.41 Å². The molecule has 0 amide bonds. The van der Waals surface area contributed by atoms with Crippen molar-refractivity contribution in [2.75, 3.05) is 39.9 Å². The molecule has 0 radical (unpaired) electrons. The fourth-order valence-electron chi connectivity index (χ4n) is 5.28. The fraction of sp³-hybridized carbons (Fsp3) is 0.731. The summed E-state index contributed by atoms with van der Waals surface area (Å²) >= 11 is 0. The largest absolute Gasteiger partial charge is 0.382 e. The fourth-order valence-corrected chi connectivity index (χ4v) is 5.28. The van der Waals surface area contributed by atoms with Crippen LogP contribution in [0, 0.1) is 5.41 Å². The number of guanidine groups is 1. The summed E-state index contributed by atoms with van der Waals surface area (Å²) in [5.74, 6) is 0.885. The molecule has 0 bridgehead atoms. The third-order valence-electron chi connectivity index (χ3n) is 6.95. The Labute approximate surface area is 218 Å². The van der Waals surface area contributed by atoms with Gasteiger partial charge in [-0.3, -0.25) is 9.89 Å². The van der Waals surface area contributed by atoms with E-state index in [9.17, 15) is 0 Å². The van der Waals surface area contributed by atoms with E-state index in [1.54, 1.807) is 0 Å². The quantitative estimate of drug-likeness (QED) is 0.186. The minimum Gasteiger partial charge on any atom is -0.382 e. The summed E-state index contributed by atoms with van der Waals surface area (Å²) in [6.45, 7) is 12.7. The second-order valence-electron chi connectivity index (χ2n) is 9.65. The highest BCUT2D eigenvalue weighted by atomic mass is 127. The predicted octanol–water partition coefficient (Wildman–Crippen LogP) is 4.57. The Morgan fingerprint density at radius 1 is 1.12 bits per heavy atom. The molecule has 2 unspecified atom stereocenters. The molecule has 33 heavy (non-hydrogen) atoms. The van der Waals surface area contributed by atoms with Crippen molar-refractivity contribution in [2.45, 2.75) is 78.2 Å². The molecule has 2 atom stereocenters. The van der Waals surface area contributed by atoms with Crippen molar-refractivity contribution >= 4 is 29.9 Å². The maximum atomic E-state index is 5.90. The summed E-state index contributed by atoms with van der Waals surface area (Å²) in [6.07, 6.45) is 6.92. The van der Waals surface area contributed by atoms with Crippen LogP contribution in [-0.4, -0.2) is 63.0 Å². The van der Waals surface area contributed by atoms with Gasteiger partial charge in [-0.1, -0.05) is 37.1 Å². The Balaban J connectivity index is 0.00000385. The Hall–Kier alpha value is -0.900. The van der Waals surface area contributed by atoms with Crippen LogP contribution in [-0.2, 0) is 22.6 Å². The Kier molecular flexibility index (Phi) is 12.4. The maximum Gasteiger partial charge on any atom is 0.191 e. The lowest BCUT2D eigenvalue weighted by molar-refractivity contribution is -0.0705. The summed E-state index contributed by atoms with van der Waals surface area (Å²) < 4.78 is 11.6. The van der Waals surface area contributed by atoms with Gasteiger partial charge in [-0.2, -0.15) is 0 Å². The molecule has 7 heteroatoms. The molecule has 1 heterocycles. The molecule has 1 aliphatic carbocycles. The van der Waals surface area contributed by atoms with Gasteiger partial charge in [-0.15, -0.1) is 24.0 Å². The van der Waals surface area contributed by atoms with E-state index in [4.69, 9.17) is 9.47 Å². The van der Waals surface area contributed by atoms with Crippen LogP contribution in [0.1, 0.15) is 64.0 Å². The third kappa shape index (κ3) is 9.00. The van der Waals surface area contributed by atoms with Gasteiger partial charge in [0.1, 0.15) is 0 Å². The van der Waals surface area contributed by atoms with E-state index in [1.807, 2.05) is 7.05 Å². The molecule has 188 valence electrons. The monoisotopic (exact) mass is 572 g/mol. The molecule has 1 saturated heterocycles. The molecule has 2 fully saturated rings. The average Bonchev–Trinajstić information content (AvgIpc) is 3.23. The van der Waals surface area contributed by atoms with Crippen LogP contribution in [0.25, 0.3) is 0 Å². The molecule has 3 rings (SSSR count). The summed E-state index contributed by atoms with van der Waals surface area (Å²) in [5, 5.41) is 7.17. The second-order valence-corrected chi connectivity index (χ2v) is 9.65. The molecule has 0 spiro atoms. The van der Waals surface area contributed by atoms with Gasteiger partial charge in [0.15, 0.2) is 5.96 Å². The summed E-state index contributed by atoms with van der Waals surface area (Å²) in [5.41, 5.74) is 3.05. The lowest BCUT2D eigenvalue weighted by Gasteiger charge is -2.35. The minimum absolute atomic E-state index is 0. The van der Waals surface area contributed by atoms with Crippen LogP contribution in [0.15, 0.2) is 29.3 Å². The zero-order chi connectivity index (χ0) is 22.8. The standard InChI is InChI=1S/C26H44N4O2.HI/c1-5-31-15-14-26(12-8-9-13-26)20-29-25(27-4)28-16-23-10-6-7-11-24(23)19-30-17-21(2)32-22(3)18-30;/h6-7,10-11,21-22H,5,8-9,12-20H2,1-4H3,(H2,27,28,29);1H. The second kappa shape index (κ2) is 14.5. The Bertz CT molecular complexity index is 714. The van der Waals surface area contributed by atoms with Crippen LogP contribution in [0.2, 0.25) is 0 Å². The van der Waals surface area contributed by atoms with Gasteiger partial charge in [0.2, 0.25) is 0 Å². The smallest absolute Gasteiger partial charge is 0.191 e. The van der Waals surface area contributed by atoms with Crippen molar-refractivity contribution in [1.29, 1.82) is 0 Å². The number of hydrogen-bond donors (Lipinski definition) is 2. The highest BCUT2D eigenvalue weighted by Gasteiger charge is 2.33. The first kappa shape index (κ1) is 28.3. The van der Waals surface area contributed by atoms with E-state index in [1.165, 1.54) is 36.8 Å². The van der Waals surface area contributed by atoms with Gasteiger partial charge in [0.05, 0.1) is 12.2 Å². The first-order valence-corrected chi connectivity index (χ1v) is 12.5. The van der Waals surface area contributed by atoms with Crippen molar-refractivity contribution in [3.63, 3.8) is 0 Å². The van der Waals surface area contributed by atoms with E-state index >= 15 is 0 Å². The van der Waals surface area contributed by atoms with Crippen molar-refractivity contribution in [3.05, 3.63) is 35.4 Å². The van der Waals surface area contributed by atoms with Crippen molar-refractivity contribution in [3.8, 4) is 0 Å². The zero-order valence-corrected chi connectivity index (χ0v) is 23.4. The zero-order valence-electron chi connectivity index (χ0n) is 21.1. The van der Waals surface area contributed by atoms with Gasteiger partial charge in [-0.05, 0) is 56.6 Å². The van der Waals surface area contributed by atoms with Gasteiger partial charge in [-0.25, -0.2) is 0 Å². The topological polar surface area (TPSA) is 58.1 Å². The normalized spacial score (nSPS) is 23.2. The lowest BCUT2D eigenvalue weighted by atomic mass is 9.83. The number of hydrogen-bond acceptors (Lipinski definition) is 4. The molecule has 2 aliphatic rings. The number of morpholine rings is 1. The summed E-state index contributed by atoms with van der Waals surface area (Å²) in [6, 6.07) is 8.74. The number of aliphatic imine (C=N–C) groups is 1. The van der Waals surface area contributed by atoms with Crippen LogP contribution in [0.3, 0.4) is 0 Å². The summed E-state index contributed by atoms with van der Waals surface area (Å²) in [4.78, 5) is 7.00. The molecule has 1 aliphatic heterocycles. The number of rotatable bonds is 10. The molecule has 0 aromatic heterocycles. The van der Waals surface area contributed by atoms with Gasteiger partial charge in [0.25, 0.3) is 0 Å². The first-order chi connectivity index (χ1) is 15.5. The highest BCUT2D eigenvalue weighted by Crippen LogP contribution is 2.40. The number of benzene rings is 1. The first-order valence-electron chi connectivity index (χ1n) is 12.5. The van der Waals surface area contributed by atoms with Gasteiger partial charge in [0, 0.05) is 53.0 Å². The predicted molar refractivity (Wildman–Crippen MR) is 147 cm³/mol. The molecular formula is C26H45IN4O2. The van der Waals surface area contributed by atoms with Crippen LogP contribution < -0.4 is 10.6 Å². The molecule has 6 nitrogen and oxygen atoms in total. The van der Waals surface area contributed by atoms with Gasteiger partial charge >= 0.3 is 0 Å². The van der Waals surface area contributed by atoms with Crippen LogP contribution in [0.5, 0.6) is 0 Å². The Morgan fingerprint density at radius 3 is 2.42 bits per heavy atom. The van der Waals surface area contributed by atoms with E-state index in [2.05, 4.69) is 65.6 Å². The highest BCUT2D eigenvalue weighted by molar-refractivity contribution is 14.0. The van der Waals surface area contributed by atoms with Gasteiger partial charge < -0.3 is 20.1 Å². The van der Waals surface area contributed by atoms with Crippen molar-refractivity contribution in [2.24, 2.45) is 10.4 Å². The van der Waals surface area contributed by atoms with Crippen LogP contribution >= 0.6 is 24.0 Å². The SMILES string of the molecule is CCOCCC1(CNC(=NC)NCc2ccccc2CN2CC(C)OC(C)C2)CCCC1.I. The molecule has 2 N–H and O–H groups in total. The molecule has 1 saturated carbocycles. The number of nitrogens with one attached hydrogen (secondary N) is 2. The molecular weight excluding hydrogens is 527 g/mol. The van der Waals surface area contributed by atoms with E-state index in [0.717, 1.165) is 58.3 Å². The number of halogens is 1. The maximum absolute atomic E-state index is 5.90. The number of nitrogens with zero attached hydrogens (tertiary/aromatic N) is 2. The van der Waals surface area contributed by atoms with Crippen molar-refractivity contribution < 1.29 is 9.47 Å². The average molecular weight is 573 g/mol. The van der Waals surface area contributed by atoms with Crippen molar-refractivity contribution in [1.82, 2.24) is 15.5 Å². The number of ether oxygens (including phenoxy) is 2. The van der Waals surface area contributed by atoms with Crippen LogP contribution in [0.4, 0.5) is 0 Å². The minimum atomic E-state index is 0. The third-order valence-corrected chi connectivity index (χ3v) is 6.95. The summed E-state index contributed by atoms with van der Waals surface area (Å²) in [7, 11) is 1.86. The van der Waals surface area contributed by atoms with E-state index < -0.39 is 0 Å². The molecule has 1 aromatic carbocycles. The lowest BCUT2D eigenvalue weighted by Crippen LogP contribution is -2.45.